The molecule has 1 aromatic heterocycles. The zero-order valence-corrected chi connectivity index (χ0v) is 14.3. The summed E-state index contributed by atoms with van der Waals surface area (Å²) in [5.74, 6) is 2.10. The van der Waals surface area contributed by atoms with Gasteiger partial charge in [0, 0.05) is 23.7 Å². The first-order valence-corrected chi connectivity index (χ1v) is 9.23. The van der Waals surface area contributed by atoms with Crippen LogP contribution in [0.1, 0.15) is 62.1 Å². The van der Waals surface area contributed by atoms with Crippen molar-refractivity contribution in [3.8, 4) is 6.07 Å². The summed E-state index contributed by atoms with van der Waals surface area (Å²) in [5, 5.41) is 15.9. The van der Waals surface area contributed by atoms with Crippen molar-refractivity contribution in [1.29, 1.82) is 5.26 Å². The van der Waals surface area contributed by atoms with Crippen molar-refractivity contribution in [1.82, 2.24) is 9.97 Å². The van der Waals surface area contributed by atoms with Gasteiger partial charge in [0.2, 0.25) is 5.95 Å². The van der Waals surface area contributed by atoms with E-state index in [4.69, 9.17) is 10.2 Å². The van der Waals surface area contributed by atoms with Gasteiger partial charge in [0.1, 0.15) is 5.82 Å². The van der Waals surface area contributed by atoms with Crippen molar-refractivity contribution in [2.75, 3.05) is 10.6 Å². The monoisotopic (exact) mass is 333 g/mol. The maximum atomic E-state index is 9.07. The van der Waals surface area contributed by atoms with Crippen LogP contribution in [-0.4, -0.2) is 16.0 Å². The third kappa shape index (κ3) is 4.08. The Morgan fingerprint density at radius 2 is 1.84 bits per heavy atom. The van der Waals surface area contributed by atoms with Crippen LogP contribution >= 0.6 is 0 Å². The number of benzene rings is 1. The van der Waals surface area contributed by atoms with Gasteiger partial charge < -0.3 is 10.6 Å². The lowest BCUT2D eigenvalue weighted by Gasteiger charge is -2.23. The van der Waals surface area contributed by atoms with Crippen molar-refractivity contribution in [3.63, 3.8) is 0 Å². The van der Waals surface area contributed by atoms with Crippen LogP contribution in [0.4, 0.5) is 17.5 Å². The van der Waals surface area contributed by atoms with E-state index >= 15 is 0 Å². The highest BCUT2D eigenvalue weighted by Gasteiger charge is 2.26. The Hall–Kier alpha value is -2.61. The number of nitriles is 1. The molecule has 2 saturated carbocycles. The lowest BCUT2D eigenvalue weighted by molar-refractivity contribution is 0.460. The quantitative estimate of drug-likeness (QED) is 0.828. The maximum Gasteiger partial charge on any atom is 0.225 e. The zero-order valence-electron chi connectivity index (χ0n) is 14.3. The number of nitrogens with one attached hydrogen (secondary N) is 2. The molecule has 0 amide bonds. The van der Waals surface area contributed by atoms with Crippen LogP contribution in [0, 0.1) is 11.3 Å². The molecule has 5 heteroatoms. The molecule has 2 aliphatic rings. The van der Waals surface area contributed by atoms with Crippen LogP contribution in [0.5, 0.6) is 0 Å². The number of hydrogen-bond donors (Lipinski definition) is 2. The highest BCUT2D eigenvalue weighted by molar-refractivity contribution is 5.60. The van der Waals surface area contributed by atoms with Gasteiger partial charge >= 0.3 is 0 Å². The number of rotatable bonds is 5. The van der Waals surface area contributed by atoms with Gasteiger partial charge in [-0.25, -0.2) is 4.98 Å². The van der Waals surface area contributed by atoms with Crippen LogP contribution in [0.25, 0.3) is 0 Å². The first-order chi connectivity index (χ1) is 12.3. The smallest absolute Gasteiger partial charge is 0.225 e. The van der Waals surface area contributed by atoms with Gasteiger partial charge in [-0.2, -0.15) is 10.2 Å². The molecule has 2 aromatic rings. The molecule has 1 heterocycles. The van der Waals surface area contributed by atoms with Crippen molar-refractivity contribution in [2.45, 2.75) is 56.9 Å². The van der Waals surface area contributed by atoms with E-state index in [0.29, 0.717) is 17.5 Å². The fraction of sp³-hybridized carbons (Fsp3) is 0.450. The minimum absolute atomic E-state index is 0.484. The Morgan fingerprint density at radius 3 is 2.60 bits per heavy atom. The van der Waals surface area contributed by atoms with E-state index in [0.717, 1.165) is 23.1 Å². The lowest BCUT2D eigenvalue weighted by Crippen LogP contribution is -2.23. The lowest BCUT2D eigenvalue weighted by atomic mass is 9.96. The molecule has 2 fully saturated rings. The fourth-order valence-corrected chi connectivity index (χ4v) is 3.43. The maximum absolute atomic E-state index is 9.07. The third-order valence-corrected chi connectivity index (χ3v) is 4.94. The van der Waals surface area contributed by atoms with Gasteiger partial charge in [-0.15, -0.1) is 0 Å². The Labute approximate surface area is 148 Å². The van der Waals surface area contributed by atoms with Gasteiger partial charge in [-0.3, -0.25) is 0 Å². The van der Waals surface area contributed by atoms with E-state index in [1.165, 1.54) is 44.9 Å². The van der Waals surface area contributed by atoms with Crippen LogP contribution in [0.15, 0.2) is 30.3 Å². The number of hydrogen-bond acceptors (Lipinski definition) is 5. The van der Waals surface area contributed by atoms with Gasteiger partial charge in [0.25, 0.3) is 0 Å². The molecule has 4 rings (SSSR count). The molecular weight excluding hydrogens is 310 g/mol. The van der Waals surface area contributed by atoms with Crippen LogP contribution in [-0.2, 0) is 0 Å². The normalized spacial score (nSPS) is 17.7. The average Bonchev–Trinajstić information content (AvgIpc) is 3.48. The van der Waals surface area contributed by atoms with Crippen LogP contribution < -0.4 is 10.6 Å². The average molecular weight is 333 g/mol. The van der Waals surface area contributed by atoms with Crippen LogP contribution in [0.2, 0.25) is 0 Å². The van der Waals surface area contributed by atoms with Crippen molar-refractivity contribution >= 4 is 17.5 Å². The first kappa shape index (κ1) is 15.9. The molecule has 25 heavy (non-hydrogen) atoms. The Kier molecular flexibility index (Phi) is 4.51. The molecule has 0 unspecified atom stereocenters. The van der Waals surface area contributed by atoms with E-state index in [-0.39, 0.29) is 0 Å². The van der Waals surface area contributed by atoms with E-state index in [1.54, 1.807) is 6.07 Å². The summed E-state index contributed by atoms with van der Waals surface area (Å²) in [6.45, 7) is 0. The van der Waals surface area contributed by atoms with E-state index < -0.39 is 0 Å². The SMILES string of the molecule is N#Cc1cccc(Nc2cc(C3CC3)nc(NC3CCCCC3)n2)c1. The summed E-state index contributed by atoms with van der Waals surface area (Å²) >= 11 is 0. The summed E-state index contributed by atoms with van der Waals surface area (Å²) in [7, 11) is 0. The Bertz CT molecular complexity index is 785. The topological polar surface area (TPSA) is 73.6 Å². The first-order valence-electron chi connectivity index (χ1n) is 9.23. The van der Waals surface area contributed by atoms with E-state index in [9.17, 15) is 0 Å². The number of nitrogens with zero attached hydrogens (tertiary/aromatic N) is 3. The minimum Gasteiger partial charge on any atom is -0.351 e. The van der Waals surface area contributed by atoms with Crippen LogP contribution in [0.3, 0.4) is 0 Å². The number of aromatic nitrogens is 2. The number of anilines is 3. The van der Waals surface area contributed by atoms with Gasteiger partial charge in [0.15, 0.2) is 0 Å². The summed E-state index contributed by atoms with van der Waals surface area (Å²) < 4.78 is 0. The standard InChI is InChI=1S/C20H23N5/c21-13-14-5-4-8-17(11-14)22-19-12-18(15-9-10-15)24-20(25-19)23-16-6-2-1-3-7-16/h4-5,8,11-12,15-16H,1-3,6-7,9-10H2,(H2,22,23,24,25). The second kappa shape index (κ2) is 7.10. The second-order valence-corrected chi connectivity index (χ2v) is 7.07. The molecule has 1 aromatic carbocycles. The predicted octanol–water partition coefficient (Wildman–Crippen LogP) is 4.71. The molecular formula is C20H23N5. The predicted molar refractivity (Wildman–Crippen MR) is 98.9 cm³/mol. The van der Waals surface area contributed by atoms with Gasteiger partial charge in [-0.05, 0) is 43.9 Å². The molecule has 0 saturated heterocycles. The van der Waals surface area contributed by atoms with Crippen molar-refractivity contribution < 1.29 is 0 Å². The third-order valence-electron chi connectivity index (χ3n) is 4.94. The molecule has 0 bridgehead atoms. The molecule has 2 aliphatic carbocycles. The summed E-state index contributed by atoms with van der Waals surface area (Å²) in [5.41, 5.74) is 2.64. The van der Waals surface area contributed by atoms with Gasteiger partial charge in [0.05, 0.1) is 17.3 Å². The fourth-order valence-electron chi connectivity index (χ4n) is 3.43. The molecule has 0 radical (unpaired) electrons. The highest BCUT2D eigenvalue weighted by atomic mass is 15.2. The molecule has 2 N–H and O–H groups in total. The summed E-state index contributed by atoms with van der Waals surface area (Å²) in [4.78, 5) is 9.42. The molecule has 0 aliphatic heterocycles. The molecule has 5 nitrogen and oxygen atoms in total. The summed E-state index contributed by atoms with van der Waals surface area (Å²) in [6.07, 6.45) is 8.72. The summed E-state index contributed by atoms with van der Waals surface area (Å²) in [6, 6.07) is 12.2. The molecule has 0 atom stereocenters. The Balaban J connectivity index is 1.56. The zero-order chi connectivity index (χ0) is 17.1. The van der Waals surface area contributed by atoms with Crippen molar-refractivity contribution in [3.05, 3.63) is 41.6 Å². The minimum atomic E-state index is 0.484. The second-order valence-electron chi connectivity index (χ2n) is 7.07. The van der Waals surface area contributed by atoms with Crippen molar-refractivity contribution in [2.24, 2.45) is 0 Å². The molecule has 0 spiro atoms. The largest absolute Gasteiger partial charge is 0.351 e. The molecule has 128 valence electrons. The van der Waals surface area contributed by atoms with E-state index in [2.05, 4.69) is 21.7 Å². The highest BCUT2D eigenvalue weighted by Crippen LogP contribution is 2.40. The van der Waals surface area contributed by atoms with E-state index in [1.807, 2.05) is 24.3 Å². The Morgan fingerprint density at radius 1 is 1.00 bits per heavy atom. The van der Waals surface area contributed by atoms with Gasteiger partial charge in [-0.1, -0.05) is 25.3 Å².